The molecule has 1 N–H and O–H groups in total. The van der Waals surface area contributed by atoms with Gasteiger partial charge in [-0.15, -0.1) is 0 Å². The van der Waals surface area contributed by atoms with Gasteiger partial charge in [-0.2, -0.15) is 0 Å². The molecule has 1 saturated heterocycles. The van der Waals surface area contributed by atoms with Crippen LogP contribution in [0.2, 0.25) is 0 Å². The summed E-state index contributed by atoms with van der Waals surface area (Å²) < 4.78 is 0. The predicted octanol–water partition coefficient (Wildman–Crippen LogP) is 3.06. The average Bonchev–Trinajstić information content (AvgIpc) is 2.38. The van der Waals surface area contributed by atoms with Crippen molar-refractivity contribution < 1.29 is 0 Å². The first-order valence-corrected chi connectivity index (χ1v) is 8.96. The van der Waals surface area contributed by atoms with E-state index in [1.165, 1.54) is 45.3 Å². The van der Waals surface area contributed by atoms with Gasteiger partial charge >= 0.3 is 0 Å². The van der Waals surface area contributed by atoms with Crippen molar-refractivity contribution in [1.82, 2.24) is 15.1 Å². The molecule has 3 nitrogen and oxygen atoms in total. The first kappa shape index (κ1) is 18.9. The minimum atomic E-state index is 0.397. The summed E-state index contributed by atoms with van der Waals surface area (Å²) in [7, 11) is 4.59. The second kappa shape index (κ2) is 9.12. The van der Waals surface area contributed by atoms with Crippen molar-refractivity contribution in [2.75, 3.05) is 46.8 Å². The van der Waals surface area contributed by atoms with Crippen molar-refractivity contribution in [1.29, 1.82) is 0 Å². The maximum Gasteiger partial charge on any atom is 0.0220 e. The van der Waals surface area contributed by atoms with Gasteiger partial charge in [0.15, 0.2) is 0 Å². The van der Waals surface area contributed by atoms with E-state index in [-0.39, 0.29) is 0 Å². The van der Waals surface area contributed by atoms with Gasteiger partial charge in [0.05, 0.1) is 0 Å². The van der Waals surface area contributed by atoms with Crippen molar-refractivity contribution in [3.63, 3.8) is 0 Å². The Balaban J connectivity index is 2.50. The van der Waals surface area contributed by atoms with Crippen molar-refractivity contribution >= 4 is 0 Å². The van der Waals surface area contributed by atoms with Gasteiger partial charge in [-0.1, -0.05) is 34.1 Å². The first-order valence-electron chi connectivity index (χ1n) is 8.96. The smallest absolute Gasteiger partial charge is 0.0220 e. The highest BCUT2D eigenvalue weighted by Crippen LogP contribution is 2.26. The molecule has 3 heteroatoms. The highest BCUT2D eigenvalue weighted by atomic mass is 15.2. The van der Waals surface area contributed by atoms with E-state index >= 15 is 0 Å². The lowest BCUT2D eigenvalue weighted by molar-refractivity contribution is 0.0876. The molecule has 2 unspecified atom stereocenters. The average molecular weight is 298 g/mol. The zero-order chi connectivity index (χ0) is 15.9. The monoisotopic (exact) mass is 297 g/mol. The van der Waals surface area contributed by atoms with E-state index < -0.39 is 0 Å². The topological polar surface area (TPSA) is 18.5 Å². The van der Waals surface area contributed by atoms with E-state index in [2.05, 4.69) is 56.9 Å². The SMILES string of the molecule is CCCC(C)(CNCC(C)C)CN(C)C1CCCN(C)C1. The molecule has 1 fully saturated rings. The lowest BCUT2D eigenvalue weighted by Gasteiger charge is -2.41. The van der Waals surface area contributed by atoms with Crippen LogP contribution < -0.4 is 5.32 Å². The Morgan fingerprint density at radius 1 is 1.38 bits per heavy atom. The van der Waals surface area contributed by atoms with E-state index in [0.29, 0.717) is 5.41 Å². The molecule has 0 spiro atoms. The van der Waals surface area contributed by atoms with Crippen LogP contribution in [0.25, 0.3) is 0 Å². The summed E-state index contributed by atoms with van der Waals surface area (Å²) >= 11 is 0. The molecule has 1 heterocycles. The highest BCUT2D eigenvalue weighted by Gasteiger charge is 2.29. The third-order valence-electron chi connectivity index (χ3n) is 4.81. The van der Waals surface area contributed by atoms with Gasteiger partial charge in [0.25, 0.3) is 0 Å². The molecule has 0 aromatic carbocycles. The van der Waals surface area contributed by atoms with Crippen LogP contribution in [0.3, 0.4) is 0 Å². The summed E-state index contributed by atoms with van der Waals surface area (Å²) in [6, 6.07) is 0.741. The molecule has 2 atom stereocenters. The van der Waals surface area contributed by atoms with Crippen LogP contribution in [0.5, 0.6) is 0 Å². The highest BCUT2D eigenvalue weighted by molar-refractivity contribution is 4.85. The molecule has 0 aromatic rings. The van der Waals surface area contributed by atoms with E-state index in [1.807, 2.05) is 0 Å². The van der Waals surface area contributed by atoms with Gasteiger partial charge in [-0.25, -0.2) is 0 Å². The van der Waals surface area contributed by atoms with Crippen LogP contribution in [0, 0.1) is 11.3 Å². The quantitative estimate of drug-likeness (QED) is 0.705. The molecular formula is C18H39N3. The molecule has 21 heavy (non-hydrogen) atoms. The van der Waals surface area contributed by atoms with Crippen molar-refractivity contribution in [2.45, 2.75) is 59.4 Å². The maximum absolute atomic E-state index is 3.69. The molecule has 0 aliphatic carbocycles. The number of likely N-dealkylation sites (tertiary alicyclic amines) is 1. The fourth-order valence-electron chi connectivity index (χ4n) is 3.72. The first-order chi connectivity index (χ1) is 9.86. The molecule has 0 bridgehead atoms. The number of hydrogen-bond donors (Lipinski definition) is 1. The van der Waals surface area contributed by atoms with Crippen molar-refractivity contribution in [3.05, 3.63) is 0 Å². The summed E-state index contributed by atoms with van der Waals surface area (Å²) in [4.78, 5) is 5.11. The number of hydrogen-bond acceptors (Lipinski definition) is 3. The Morgan fingerprint density at radius 3 is 2.67 bits per heavy atom. The fourth-order valence-corrected chi connectivity index (χ4v) is 3.72. The molecule has 126 valence electrons. The van der Waals surface area contributed by atoms with Gasteiger partial charge in [0.2, 0.25) is 0 Å². The number of likely N-dealkylation sites (N-methyl/N-ethyl adjacent to an activating group) is 2. The third kappa shape index (κ3) is 7.12. The normalized spacial score (nSPS) is 23.7. The zero-order valence-corrected chi connectivity index (χ0v) is 15.4. The molecule has 0 saturated carbocycles. The van der Waals surface area contributed by atoms with Crippen LogP contribution in [0.15, 0.2) is 0 Å². The van der Waals surface area contributed by atoms with Gasteiger partial charge in [0.1, 0.15) is 0 Å². The predicted molar refractivity (Wildman–Crippen MR) is 93.9 cm³/mol. The molecule has 1 aliphatic rings. The second-order valence-corrected chi connectivity index (χ2v) is 8.06. The summed E-state index contributed by atoms with van der Waals surface area (Å²) in [6.45, 7) is 15.3. The molecule has 0 aromatic heterocycles. The summed E-state index contributed by atoms with van der Waals surface area (Å²) in [6.07, 6.45) is 5.30. The van der Waals surface area contributed by atoms with Crippen molar-refractivity contribution in [2.24, 2.45) is 11.3 Å². The minimum Gasteiger partial charge on any atom is -0.316 e. The number of nitrogens with zero attached hydrogens (tertiary/aromatic N) is 2. The van der Waals surface area contributed by atoms with Crippen LogP contribution in [-0.2, 0) is 0 Å². The standard InChI is InChI=1S/C18H39N3/c1-7-10-18(4,14-19-12-16(2)3)15-21(6)17-9-8-11-20(5)13-17/h16-17,19H,7-15H2,1-6H3. The second-order valence-electron chi connectivity index (χ2n) is 8.06. The molecule has 0 amide bonds. The Hall–Kier alpha value is -0.120. The Bertz CT molecular complexity index is 280. The van der Waals surface area contributed by atoms with Gasteiger partial charge < -0.3 is 15.1 Å². The van der Waals surface area contributed by atoms with Gasteiger partial charge in [0, 0.05) is 25.7 Å². The summed E-state index contributed by atoms with van der Waals surface area (Å²) in [5.74, 6) is 0.737. The molecular weight excluding hydrogens is 258 g/mol. The number of rotatable bonds is 9. The van der Waals surface area contributed by atoms with E-state index in [1.54, 1.807) is 0 Å². The lowest BCUT2D eigenvalue weighted by Crippen LogP contribution is -2.50. The number of nitrogens with one attached hydrogen (secondary N) is 1. The van der Waals surface area contributed by atoms with Crippen LogP contribution in [-0.4, -0.2) is 62.7 Å². The Kier molecular flexibility index (Phi) is 8.22. The maximum atomic E-state index is 3.69. The van der Waals surface area contributed by atoms with Crippen LogP contribution in [0.1, 0.15) is 53.4 Å². The van der Waals surface area contributed by atoms with Gasteiger partial charge in [-0.3, -0.25) is 0 Å². The largest absolute Gasteiger partial charge is 0.316 e. The Labute approximate surface area is 133 Å². The number of piperidine rings is 1. The van der Waals surface area contributed by atoms with E-state index in [9.17, 15) is 0 Å². The zero-order valence-electron chi connectivity index (χ0n) is 15.4. The molecule has 0 radical (unpaired) electrons. The fraction of sp³-hybridized carbons (Fsp3) is 1.00. The Morgan fingerprint density at radius 2 is 2.10 bits per heavy atom. The molecule has 1 aliphatic heterocycles. The van der Waals surface area contributed by atoms with Crippen LogP contribution in [0.4, 0.5) is 0 Å². The molecule has 1 rings (SSSR count). The summed E-state index contributed by atoms with van der Waals surface area (Å²) in [5, 5.41) is 3.69. The summed E-state index contributed by atoms with van der Waals surface area (Å²) in [5.41, 5.74) is 0.397. The minimum absolute atomic E-state index is 0.397. The third-order valence-corrected chi connectivity index (χ3v) is 4.81. The van der Waals surface area contributed by atoms with E-state index in [4.69, 9.17) is 0 Å². The lowest BCUT2D eigenvalue weighted by atomic mass is 9.84. The van der Waals surface area contributed by atoms with Crippen molar-refractivity contribution in [3.8, 4) is 0 Å². The van der Waals surface area contributed by atoms with Crippen LogP contribution >= 0.6 is 0 Å². The van der Waals surface area contributed by atoms with E-state index in [0.717, 1.165) is 25.0 Å². The van der Waals surface area contributed by atoms with Gasteiger partial charge in [-0.05, 0) is 57.8 Å².